The molecule has 2 fully saturated rings. The summed E-state index contributed by atoms with van der Waals surface area (Å²) in [5.74, 6) is 0.649. The predicted octanol–water partition coefficient (Wildman–Crippen LogP) is 2.99. The third-order valence-electron chi connectivity index (χ3n) is 4.46. The van der Waals surface area contributed by atoms with Crippen LogP contribution in [0.1, 0.15) is 31.2 Å². The predicted molar refractivity (Wildman–Crippen MR) is 85.5 cm³/mol. The number of rotatable bonds is 4. The number of urea groups is 1. The van der Waals surface area contributed by atoms with E-state index in [1.165, 1.54) is 18.4 Å². The van der Waals surface area contributed by atoms with Gasteiger partial charge in [0.05, 0.1) is 0 Å². The maximum Gasteiger partial charge on any atom is 0.322 e. The van der Waals surface area contributed by atoms with Crippen molar-refractivity contribution in [2.45, 2.75) is 38.6 Å². The average molecular weight is 287 g/mol. The highest BCUT2D eigenvalue weighted by atomic mass is 16.2. The molecule has 1 aromatic rings. The lowest BCUT2D eigenvalue weighted by Gasteiger charge is -2.30. The first kappa shape index (κ1) is 14.4. The standard InChI is InChI=1S/C17H25N3O/c1-13-2-4-15(5-3-13)19-17(21)20(16-6-7-16)12-14-8-10-18-11-9-14/h2-5,14,16,18H,6-12H2,1H3,(H,19,21). The molecule has 1 saturated heterocycles. The Bertz CT molecular complexity index is 475. The number of anilines is 1. The summed E-state index contributed by atoms with van der Waals surface area (Å²) in [6.45, 7) is 5.13. The van der Waals surface area contributed by atoms with Crippen LogP contribution in [-0.4, -0.2) is 36.6 Å². The lowest BCUT2D eigenvalue weighted by Crippen LogP contribution is -2.42. The van der Waals surface area contributed by atoms with Crippen LogP contribution in [0.5, 0.6) is 0 Å². The second-order valence-corrected chi connectivity index (χ2v) is 6.37. The SMILES string of the molecule is Cc1ccc(NC(=O)N(CC2CCNCC2)C2CC2)cc1. The zero-order chi connectivity index (χ0) is 14.7. The second-order valence-electron chi connectivity index (χ2n) is 6.37. The molecule has 2 N–H and O–H groups in total. The Labute approximate surface area is 126 Å². The van der Waals surface area contributed by atoms with Crippen molar-refractivity contribution in [2.24, 2.45) is 5.92 Å². The van der Waals surface area contributed by atoms with Crippen molar-refractivity contribution in [1.82, 2.24) is 10.2 Å². The molecule has 0 spiro atoms. The van der Waals surface area contributed by atoms with Gasteiger partial charge in [-0.1, -0.05) is 17.7 Å². The normalized spacial score (nSPS) is 19.3. The number of nitrogens with zero attached hydrogens (tertiary/aromatic N) is 1. The van der Waals surface area contributed by atoms with Gasteiger partial charge in [0.1, 0.15) is 0 Å². The van der Waals surface area contributed by atoms with Crippen LogP contribution < -0.4 is 10.6 Å². The molecule has 0 radical (unpaired) electrons. The molecule has 4 heteroatoms. The van der Waals surface area contributed by atoms with Crippen molar-refractivity contribution in [2.75, 3.05) is 25.0 Å². The van der Waals surface area contributed by atoms with Crippen LogP contribution in [0.4, 0.5) is 10.5 Å². The summed E-state index contributed by atoms with van der Waals surface area (Å²) in [5, 5.41) is 6.44. The molecule has 1 saturated carbocycles. The number of carbonyl (C=O) groups is 1. The van der Waals surface area contributed by atoms with Crippen LogP contribution in [0.2, 0.25) is 0 Å². The summed E-state index contributed by atoms with van der Waals surface area (Å²) in [4.78, 5) is 14.6. The van der Waals surface area contributed by atoms with E-state index < -0.39 is 0 Å². The fourth-order valence-corrected chi connectivity index (χ4v) is 2.96. The Balaban J connectivity index is 1.60. The third kappa shape index (κ3) is 3.97. The van der Waals surface area contributed by atoms with E-state index in [0.29, 0.717) is 12.0 Å². The summed E-state index contributed by atoms with van der Waals surface area (Å²) in [6, 6.07) is 8.55. The number of aryl methyl sites for hydroxylation is 1. The lowest BCUT2D eigenvalue weighted by molar-refractivity contribution is 0.189. The molecule has 1 heterocycles. The van der Waals surface area contributed by atoms with Crippen molar-refractivity contribution in [3.8, 4) is 0 Å². The van der Waals surface area contributed by atoms with Crippen LogP contribution in [0.3, 0.4) is 0 Å². The summed E-state index contributed by atoms with van der Waals surface area (Å²) < 4.78 is 0. The highest BCUT2D eigenvalue weighted by molar-refractivity contribution is 5.89. The molecule has 0 unspecified atom stereocenters. The molecule has 0 bridgehead atoms. The molecule has 2 amide bonds. The van der Waals surface area contributed by atoms with Crippen molar-refractivity contribution in [3.63, 3.8) is 0 Å². The van der Waals surface area contributed by atoms with E-state index >= 15 is 0 Å². The maximum absolute atomic E-state index is 12.6. The van der Waals surface area contributed by atoms with Crippen molar-refractivity contribution >= 4 is 11.7 Å². The summed E-state index contributed by atoms with van der Waals surface area (Å²) in [6.07, 6.45) is 4.68. The van der Waals surface area contributed by atoms with Crippen LogP contribution in [0.25, 0.3) is 0 Å². The van der Waals surface area contributed by atoms with Gasteiger partial charge in [0.25, 0.3) is 0 Å². The van der Waals surface area contributed by atoms with Gasteiger partial charge < -0.3 is 15.5 Å². The minimum Gasteiger partial charge on any atom is -0.321 e. The first-order valence-corrected chi connectivity index (χ1v) is 8.07. The molecule has 1 aliphatic heterocycles. The second kappa shape index (κ2) is 6.48. The highest BCUT2D eigenvalue weighted by Crippen LogP contribution is 2.29. The Morgan fingerprint density at radius 1 is 1.19 bits per heavy atom. The quantitative estimate of drug-likeness (QED) is 0.894. The van der Waals surface area contributed by atoms with Gasteiger partial charge in [0, 0.05) is 18.3 Å². The molecule has 114 valence electrons. The number of benzene rings is 1. The minimum atomic E-state index is 0.0693. The summed E-state index contributed by atoms with van der Waals surface area (Å²) >= 11 is 0. The first-order chi connectivity index (χ1) is 10.2. The number of hydrogen-bond acceptors (Lipinski definition) is 2. The Kier molecular flexibility index (Phi) is 4.44. The van der Waals surface area contributed by atoms with Crippen LogP contribution in [-0.2, 0) is 0 Å². The van der Waals surface area contributed by atoms with E-state index in [1.807, 2.05) is 24.3 Å². The van der Waals surface area contributed by atoms with E-state index in [0.717, 1.165) is 38.2 Å². The number of carbonyl (C=O) groups excluding carboxylic acids is 1. The molecule has 1 aliphatic carbocycles. The van der Waals surface area contributed by atoms with E-state index in [2.05, 4.69) is 22.5 Å². The zero-order valence-electron chi connectivity index (χ0n) is 12.8. The Morgan fingerprint density at radius 3 is 2.48 bits per heavy atom. The lowest BCUT2D eigenvalue weighted by atomic mass is 9.97. The highest BCUT2D eigenvalue weighted by Gasteiger charge is 2.34. The van der Waals surface area contributed by atoms with Crippen LogP contribution >= 0.6 is 0 Å². The van der Waals surface area contributed by atoms with Crippen LogP contribution in [0, 0.1) is 12.8 Å². The van der Waals surface area contributed by atoms with E-state index in [9.17, 15) is 4.79 Å². The van der Waals surface area contributed by atoms with Gasteiger partial charge in [-0.05, 0) is 63.7 Å². The van der Waals surface area contributed by atoms with Gasteiger partial charge in [0.2, 0.25) is 0 Å². The molecule has 4 nitrogen and oxygen atoms in total. The molecule has 0 atom stereocenters. The minimum absolute atomic E-state index is 0.0693. The smallest absolute Gasteiger partial charge is 0.321 e. The molecule has 0 aromatic heterocycles. The average Bonchev–Trinajstić information content (AvgIpc) is 3.33. The molecule has 1 aromatic carbocycles. The number of piperidine rings is 1. The first-order valence-electron chi connectivity index (χ1n) is 8.07. The molecular weight excluding hydrogens is 262 g/mol. The number of amides is 2. The monoisotopic (exact) mass is 287 g/mol. The van der Waals surface area contributed by atoms with E-state index in [-0.39, 0.29) is 6.03 Å². The molecular formula is C17H25N3O. The molecule has 21 heavy (non-hydrogen) atoms. The van der Waals surface area contributed by atoms with Gasteiger partial charge in [-0.2, -0.15) is 0 Å². The topological polar surface area (TPSA) is 44.4 Å². The van der Waals surface area contributed by atoms with E-state index in [1.54, 1.807) is 0 Å². The molecule has 2 aliphatic rings. The van der Waals surface area contributed by atoms with Crippen molar-refractivity contribution in [1.29, 1.82) is 0 Å². The van der Waals surface area contributed by atoms with Gasteiger partial charge in [-0.15, -0.1) is 0 Å². The van der Waals surface area contributed by atoms with Gasteiger partial charge >= 0.3 is 6.03 Å². The number of hydrogen-bond donors (Lipinski definition) is 2. The summed E-state index contributed by atoms with van der Waals surface area (Å²) in [5.41, 5.74) is 2.10. The summed E-state index contributed by atoms with van der Waals surface area (Å²) in [7, 11) is 0. The Hall–Kier alpha value is -1.55. The number of nitrogens with one attached hydrogen (secondary N) is 2. The zero-order valence-corrected chi connectivity index (χ0v) is 12.8. The van der Waals surface area contributed by atoms with Crippen LogP contribution in [0.15, 0.2) is 24.3 Å². The van der Waals surface area contributed by atoms with Crippen molar-refractivity contribution < 1.29 is 4.79 Å². The van der Waals surface area contributed by atoms with Gasteiger partial charge in [0.15, 0.2) is 0 Å². The molecule has 3 rings (SSSR count). The maximum atomic E-state index is 12.6. The van der Waals surface area contributed by atoms with E-state index in [4.69, 9.17) is 0 Å². The van der Waals surface area contributed by atoms with Crippen molar-refractivity contribution in [3.05, 3.63) is 29.8 Å². The largest absolute Gasteiger partial charge is 0.322 e. The van der Waals surface area contributed by atoms with Gasteiger partial charge in [-0.25, -0.2) is 4.79 Å². The van der Waals surface area contributed by atoms with Gasteiger partial charge in [-0.3, -0.25) is 0 Å². The fraction of sp³-hybridized carbons (Fsp3) is 0.588. The fourth-order valence-electron chi connectivity index (χ4n) is 2.96. The Morgan fingerprint density at radius 2 is 1.86 bits per heavy atom. The third-order valence-corrected chi connectivity index (χ3v) is 4.46.